The maximum atomic E-state index is 11.9. The van der Waals surface area contributed by atoms with Crippen LogP contribution in [0.25, 0.3) is 6.08 Å². The fourth-order valence-corrected chi connectivity index (χ4v) is 3.41. The Morgan fingerprint density at radius 3 is 2.65 bits per heavy atom. The Kier molecular flexibility index (Phi) is 5.19. The second-order valence-electron chi connectivity index (χ2n) is 4.70. The number of nitrogens with one attached hydrogen (secondary N) is 1. The van der Waals surface area contributed by atoms with E-state index in [4.69, 9.17) is 9.88 Å². The van der Waals surface area contributed by atoms with Crippen molar-refractivity contribution in [3.63, 3.8) is 0 Å². The van der Waals surface area contributed by atoms with Crippen LogP contribution >= 0.6 is 11.3 Å². The van der Waals surface area contributed by atoms with Crippen LogP contribution < -0.4 is 15.2 Å². The fraction of sp³-hybridized carbons (Fsp3) is 0.133. The molecule has 1 amide bonds. The molecule has 0 radical (unpaired) electrons. The van der Waals surface area contributed by atoms with E-state index < -0.39 is 10.0 Å². The summed E-state index contributed by atoms with van der Waals surface area (Å²) in [5.41, 5.74) is 1.40. The summed E-state index contributed by atoms with van der Waals surface area (Å²) in [5.74, 6) is -0.251. The van der Waals surface area contributed by atoms with Crippen LogP contribution in [-0.2, 0) is 14.8 Å². The number of amides is 1. The molecule has 23 heavy (non-hydrogen) atoms. The molecule has 0 aliphatic rings. The van der Waals surface area contributed by atoms with Crippen molar-refractivity contribution in [2.45, 2.75) is 11.8 Å². The zero-order valence-electron chi connectivity index (χ0n) is 12.6. The molecular formula is C15H16N2O4S2. The fourth-order valence-electron chi connectivity index (χ4n) is 1.87. The van der Waals surface area contributed by atoms with E-state index in [0.717, 1.165) is 10.4 Å². The lowest BCUT2D eigenvalue weighted by atomic mass is 10.2. The molecule has 2 aromatic rings. The van der Waals surface area contributed by atoms with Crippen LogP contribution in [0.5, 0.6) is 5.75 Å². The highest BCUT2D eigenvalue weighted by molar-refractivity contribution is 7.89. The molecular weight excluding hydrogens is 336 g/mol. The molecule has 122 valence electrons. The molecule has 0 unspecified atom stereocenters. The zero-order valence-corrected chi connectivity index (χ0v) is 14.2. The lowest BCUT2D eigenvalue weighted by Gasteiger charge is -2.09. The van der Waals surface area contributed by atoms with Gasteiger partial charge in [-0.05, 0) is 48.2 Å². The van der Waals surface area contributed by atoms with Crippen molar-refractivity contribution in [2.24, 2.45) is 5.14 Å². The number of benzene rings is 1. The largest absolute Gasteiger partial charge is 0.495 e. The second kappa shape index (κ2) is 6.95. The summed E-state index contributed by atoms with van der Waals surface area (Å²) in [5, 5.41) is 9.67. The van der Waals surface area contributed by atoms with Crippen LogP contribution in [0.2, 0.25) is 0 Å². The van der Waals surface area contributed by atoms with E-state index in [1.54, 1.807) is 6.08 Å². The number of hydrogen-bond acceptors (Lipinski definition) is 5. The van der Waals surface area contributed by atoms with Gasteiger partial charge >= 0.3 is 0 Å². The van der Waals surface area contributed by atoms with Gasteiger partial charge in [-0.3, -0.25) is 4.79 Å². The minimum atomic E-state index is -3.95. The van der Waals surface area contributed by atoms with Crippen LogP contribution in [-0.4, -0.2) is 21.4 Å². The van der Waals surface area contributed by atoms with Gasteiger partial charge in [-0.2, -0.15) is 0 Å². The average Bonchev–Trinajstić information content (AvgIpc) is 2.89. The van der Waals surface area contributed by atoms with Gasteiger partial charge < -0.3 is 10.1 Å². The molecule has 0 bridgehead atoms. The van der Waals surface area contributed by atoms with Gasteiger partial charge in [0.15, 0.2) is 0 Å². The molecule has 0 saturated heterocycles. The minimum absolute atomic E-state index is 0.121. The Balaban J connectivity index is 2.19. The number of nitrogens with two attached hydrogens (primary N) is 1. The highest BCUT2D eigenvalue weighted by Gasteiger charge is 2.16. The van der Waals surface area contributed by atoms with Gasteiger partial charge in [-0.15, -0.1) is 11.3 Å². The quantitative estimate of drug-likeness (QED) is 0.807. The van der Waals surface area contributed by atoms with Crippen molar-refractivity contribution < 1.29 is 17.9 Å². The molecule has 8 heteroatoms. The summed E-state index contributed by atoms with van der Waals surface area (Å²) >= 11 is 1.53. The number of methoxy groups -OCH3 is 1. The van der Waals surface area contributed by atoms with E-state index in [1.807, 2.05) is 18.4 Å². The third-order valence-electron chi connectivity index (χ3n) is 3.03. The van der Waals surface area contributed by atoms with Gasteiger partial charge in [0.2, 0.25) is 15.9 Å². The number of ether oxygens (including phenoxy) is 1. The van der Waals surface area contributed by atoms with E-state index >= 15 is 0 Å². The zero-order chi connectivity index (χ0) is 17.0. The highest BCUT2D eigenvalue weighted by Crippen LogP contribution is 2.26. The predicted octanol–water partition coefficient (Wildman–Crippen LogP) is 2.36. The van der Waals surface area contributed by atoms with Crippen LogP contribution in [0.3, 0.4) is 0 Å². The number of sulfonamides is 1. The molecule has 1 aromatic heterocycles. The number of carbonyl (C=O) groups excluding carboxylic acids is 1. The summed E-state index contributed by atoms with van der Waals surface area (Å²) in [6.07, 6.45) is 3.10. The van der Waals surface area contributed by atoms with Crippen molar-refractivity contribution in [2.75, 3.05) is 12.4 Å². The molecule has 0 spiro atoms. The lowest BCUT2D eigenvalue weighted by Crippen LogP contribution is -2.15. The molecule has 2 rings (SSSR count). The molecule has 0 aliphatic heterocycles. The van der Waals surface area contributed by atoms with Gasteiger partial charge in [0.1, 0.15) is 10.6 Å². The van der Waals surface area contributed by atoms with Crippen molar-refractivity contribution >= 4 is 39.0 Å². The number of anilines is 1. The van der Waals surface area contributed by atoms with Gasteiger partial charge in [-0.25, -0.2) is 13.6 Å². The number of rotatable bonds is 5. The smallest absolute Gasteiger partial charge is 0.248 e. The van der Waals surface area contributed by atoms with Crippen molar-refractivity contribution in [1.29, 1.82) is 0 Å². The molecule has 0 atom stereocenters. The van der Waals surface area contributed by atoms with Gasteiger partial charge in [0.05, 0.1) is 7.11 Å². The first kappa shape index (κ1) is 17.2. The van der Waals surface area contributed by atoms with E-state index in [1.165, 1.54) is 42.7 Å². The van der Waals surface area contributed by atoms with E-state index in [9.17, 15) is 13.2 Å². The Bertz CT molecular complexity index is 854. The lowest BCUT2D eigenvalue weighted by molar-refractivity contribution is -0.111. The predicted molar refractivity (Wildman–Crippen MR) is 91.1 cm³/mol. The number of hydrogen-bond donors (Lipinski definition) is 2. The van der Waals surface area contributed by atoms with E-state index in [0.29, 0.717) is 5.69 Å². The third kappa shape index (κ3) is 4.41. The van der Waals surface area contributed by atoms with Crippen LogP contribution in [0.15, 0.2) is 40.6 Å². The molecule has 1 heterocycles. The maximum absolute atomic E-state index is 11.9. The number of primary sulfonamides is 1. The molecule has 0 fully saturated rings. The summed E-state index contributed by atoms with van der Waals surface area (Å²) in [6, 6.07) is 6.19. The number of aryl methyl sites for hydroxylation is 1. The van der Waals surface area contributed by atoms with Crippen LogP contribution in [0.1, 0.15) is 10.4 Å². The van der Waals surface area contributed by atoms with Crippen molar-refractivity contribution in [3.8, 4) is 5.75 Å². The first-order chi connectivity index (χ1) is 10.8. The first-order valence-corrected chi connectivity index (χ1v) is 8.98. The first-order valence-electron chi connectivity index (χ1n) is 6.55. The number of carbonyl (C=O) groups is 1. The Morgan fingerprint density at radius 1 is 1.35 bits per heavy atom. The number of thiophene rings is 1. The second-order valence-corrected chi connectivity index (χ2v) is 7.18. The average molecular weight is 352 g/mol. The van der Waals surface area contributed by atoms with Gasteiger partial charge in [0.25, 0.3) is 0 Å². The SMILES string of the molecule is COc1ccc(NC(=O)/C=C/c2sccc2C)cc1S(N)(=O)=O. The molecule has 0 saturated carbocycles. The van der Waals surface area contributed by atoms with E-state index in [-0.39, 0.29) is 16.6 Å². The monoisotopic (exact) mass is 352 g/mol. The van der Waals surface area contributed by atoms with Crippen LogP contribution in [0.4, 0.5) is 5.69 Å². The van der Waals surface area contributed by atoms with Gasteiger partial charge in [0, 0.05) is 16.6 Å². The highest BCUT2D eigenvalue weighted by atomic mass is 32.2. The summed E-state index contributed by atoms with van der Waals surface area (Å²) in [4.78, 5) is 12.7. The summed E-state index contributed by atoms with van der Waals surface area (Å²) < 4.78 is 28.0. The standard InChI is InChI=1S/C15H16N2O4S2/c1-10-7-8-22-13(10)5-6-15(18)17-11-3-4-12(21-2)14(9-11)23(16,19)20/h3-9H,1-2H3,(H,17,18)(H2,16,19,20)/b6-5+. The van der Waals surface area contributed by atoms with Crippen LogP contribution in [0, 0.1) is 6.92 Å². The maximum Gasteiger partial charge on any atom is 0.248 e. The summed E-state index contributed by atoms with van der Waals surface area (Å²) in [7, 11) is -2.61. The van der Waals surface area contributed by atoms with E-state index in [2.05, 4.69) is 5.32 Å². The Labute approximate surface area is 138 Å². The Morgan fingerprint density at radius 2 is 2.09 bits per heavy atom. The van der Waals surface area contributed by atoms with Gasteiger partial charge in [-0.1, -0.05) is 0 Å². The Hall–Kier alpha value is -2.16. The van der Waals surface area contributed by atoms with Crippen molar-refractivity contribution in [1.82, 2.24) is 0 Å². The normalized spacial score (nSPS) is 11.6. The van der Waals surface area contributed by atoms with Crippen molar-refractivity contribution in [3.05, 3.63) is 46.2 Å². The molecule has 0 aliphatic carbocycles. The molecule has 3 N–H and O–H groups in total. The minimum Gasteiger partial charge on any atom is -0.495 e. The third-order valence-corrected chi connectivity index (χ3v) is 4.94. The molecule has 6 nitrogen and oxygen atoms in total. The topological polar surface area (TPSA) is 98.5 Å². The molecule has 1 aromatic carbocycles. The summed E-state index contributed by atoms with van der Waals surface area (Å²) in [6.45, 7) is 1.95.